The lowest BCUT2D eigenvalue weighted by molar-refractivity contribution is -0.275. The number of ether oxygens (including phenoxy) is 4. The van der Waals surface area contributed by atoms with Crippen LogP contribution < -0.4 is 9.47 Å². The van der Waals surface area contributed by atoms with Gasteiger partial charge < -0.3 is 18.9 Å². The summed E-state index contributed by atoms with van der Waals surface area (Å²) in [7, 11) is 0. The summed E-state index contributed by atoms with van der Waals surface area (Å²) in [6.45, 7) is 0.903. The molecule has 1 heterocycles. The van der Waals surface area contributed by atoms with Gasteiger partial charge in [-0.1, -0.05) is 31.7 Å². The maximum Gasteiger partial charge on any atom is 0.573 e. The maximum absolute atomic E-state index is 14.5. The summed E-state index contributed by atoms with van der Waals surface area (Å²) in [5.74, 6) is -4.15. The van der Waals surface area contributed by atoms with Crippen LogP contribution in [0.25, 0.3) is 0 Å². The van der Waals surface area contributed by atoms with E-state index in [9.17, 15) is 30.7 Å². The molecule has 4 nitrogen and oxygen atoms in total. The minimum atomic E-state index is -5.20. The molecule has 2 aromatic rings. The van der Waals surface area contributed by atoms with E-state index in [2.05, 4.69) is 9.47 Å². The summed E-state index contributed by atoms with van der Waals surface area (Å²) in [6, 6.07) is 4.18. The van der Waals surface area contributed by atoms with Gasteiger partial charge in [-0.25, -0.2) is 8.78 Å². The number of benzene rings is 2. The second-order valence-electron chi connectivity index (χ2n) is 8.30. The van der Waals surface area contributed by atoms with Crippen molar-refractivity contribution < 1.29 is 49.7 Å². The predicted octanol–water partition coefficient (Wildman–Crippen LogP) is 6.84. The van der Waals surface area contributed by atoms with Crippen molar-refractivity contribution in [2.24, 2.45) is 11.8 Å². The van der Waals surface area contributed by atoms with Crippen LogP contribution in [0.3, 0.4) is 0 Å². The van der Waals surface area contributed by atoms with E-state index in [4.69, 9.17) is 9.47 Å². The van der Waals surface area contributed by atoms with Crippen LogP contribution in [-0.4, -0.2) is 19.6 Å². The Morgan fingerprint density at radius 2 is 1.32 bits per heavy atom. The van der Waals surface area contributed by atoms with Gasteiger partial charge in [0.15, 0.2) is 29.4 Å². The highest BCUT2D eigenvalue weighted by molar-refractivity contribution is 5.34. The van der Waals surface area contributed by atoms with Gasteiger partial charge in [-0.05, 0) is 36.2 Å². The van der Waals surface area contributed by atoms with Crippen molar-refractivity contribution in [3.05, 3.63) is 59.2 Å². The van der Waals surface area contributed by atoms with E-state index >= 15 is 0 Å². The quantitative estimate of drug-likeness (QED) is 0.412. The topological polar surface area (TPSA) is 36.9 Å². The number of hydrogen-bond acceptors (Lipinski definition) is 4. The monoisotopic (exact) mass is 494 g/mol. The Hall–Kier alpha value is -2.53. The normalized spacial score (nSPS) is 22.1. The Kier molecular flexibility index (Phi) is 6.95. The fraction of sp³-hybridized carbons (Fsp3) is 0.478. The SMILES string of the molecule is Fc1cc(C(F)(F)Oc2ccc(C3OCC(C4CCCC4)CO3)cc2F)ccc1OC(F)(F)F. The van der Waals surface area contributed by atoms with Gasteiger partial charge in [-0.2, -0.15) is 8.78 Å². The second-order valence-corrected chi connectivity index (χ2v) is 8.30. The largest absolute Gasteiger partial charge is 0.573 e. The zero-order chi connectivity index (χ0) is 24.5. The third-order valence-corrected chi connectivity index (χ3v) is 5.95. The summed E-state index contributed by atoms with van der Waals surface area (Å²) >= 11 is 0. The van der Waals surface area contributed by atoms with Crippen molar-refractivity contribution in [1.29, 1.82) is 0 Å². The molecule has 0 amide bonds. The minimum absolute atomic E-state index is 0.123. The number of alkyl halides is 5. The standard InChI is InChI=1S/C23H21F7O4/c24-17-9-14(21-31-11-15(12-32-21)13-3-1-2-4-13)5-7-19(17)33-22(26,27)16-6-8-20(18(25)10-16)34-23(28,29)30/h5-10,13,15,21H,1-4,11-12H2. The van der Waals surface area contributed by atoms with Gasteiger partial charge in [0.25, 0.3) is 0 Å². The summed E-state index contributed by atoms with van der Waals surface area (Å²) < 4.78 is 113. The van der Waals surface area contributed by atoms with Crippen molar-refractivity contribution in [3.63, 3.8) is 0 Å². The van der Waals surface area contributed by atoms with Crippen LogP contribution in [0.1, 0.15) is 43.1 Å². The number of hydrogen-bond donors (Lipinski definition) is 0. The van der Waals surface area contributed by atoms with E-state index in [-0.39, 0.29) is 17.5 Å². The molecule has 0 atom stereocenters. The molecule has 11 heteroatoms. The van der Waals surface area contributed by atoms with Crippen LogP contribution in [0.5, 0.6) is 11.5 Å². The molecule has 2 aliphatic rings. The first-order chi connectivity index (χ1) is 16.0. The summed E-state index contributed by atoms with van der Waals surface area (Å²) in [5.41, 5.74) is -0.849. The van der Waals surface area contributed by atoms with Gasteiger partial charge >= 0.3 is 12.5 Å². The van der Waals surface area contributed by atoms with Crippen molar-refractivity contribution in [2.75, 3.05) is 13.2 Å². The molecule has 1 saturated heterocycles. The average molecular weight is 494 g/mol. The van der Waals surface area contributed by atoms with Crippen LogP contribution >= 0.6 is 0 Å². The fourth-order valence-corrected chi connectivity index (χ4v) is 4.24. The lowest BCUT2D eigenvalue weighted by Crippen LogP contribution is -2.31. The van der Waals surface area contributed by atoms with Crippen LogP contribution in [0.4, 0.5) is 30.7 Å². The zero-order valence-electron chi connectivity index (χ0n) is 17.7. The Labute approximate surface area is 190 Å². The van der Waals surface area contributed by atoms with Crippen molar-refractivity contribution in [3.8, 4) is 11.5 Å². The molecule has 4 rings (SSSR count). The first kappa shape index (κ1) is 24.6. The zero-order valence-corrected chi connectivity index (χ0v) is 17.7. The molecule has 34 heavy (non-hydrogen) atoms. The maximum atomic E-state index is 14.5. The molecular weight excluding hydrogens is 473 g/mol. The summed E-state index contributed by atoms with van der Waals surface area (Å²) in [6.07, 6.45) is -5.68. The van der Waals surface area contributed by atoms with E-state index in [1.807, 2.05) is 0 Å². The molecule has 0 unspecified atom stereocenters. The smallest absolute Gasteiger partial charge is 0.426 e. The first-order valence-corrected chi connectivity index (χ1v) is 10.7. The van der Waals surface area contributed by atoms with E-state index in [1.54, 1.807) is 0 Å². The van der Waals surface area contributed by atoms with Crippen LogP contribution in [-0.2, 0) is 15.6 Å². The molecule has 1 aliphatic carbocycles. The molecule has 1 saturated carbocycles. The highest BCUT2D eigenvalue weighted by atomic mass is 19.4. The van der Waals surface area contributed by atoms with Gasteiger partial charge in [0.2, 0.25) is 0 Å². The molecule has 2 aromatic carbocycles. The minimum Gasteiger partial charge on any atom is -0.426 e. The molecule has 186 valence electrons. The Bertz CT molecular complexity index is 997. The van der Waals surface area contributed by atoms with E-state index < -0.39 is 47.5 Å². The van der Waals surface area contributed by atoms with E-state index in [1.165, 1.54) is 18.9 Å². The lowest BCUT2D eigenvalue weighted by atomic mass is 9.92. The average Bonchev–Trinajstić information content (AvgIpc) is 3.31. The van der Waals surface area contributed by atoms with Crippen molar-refractivity contribution in [1.82, 2.24) is 0 Å². The van der Waals surface area contributed by atoms with Gasteiger partial charge in [0.1, 0.15) is 0 Å². The van der Waals surface area contributed by atoms with Gasteiger partial charge in [-0.15, -0.1) is 13.2 Å². The molecule has 1 aliphatic heterocycles. The van der Waals surface area contributed by atoms with E-state index in [0.717, 1.165) is 25.0 Å². The van der Waals surface area contributed by atoms with E-state index in [0.29, 0.717) is 31.3 Å². The van der Waals surface area contributed by atoms with Crippen molar-refractivity contribution in [2.45, 2.75) is 44.4 Å². The molecule has 0 bridgehead atoms. The first-order valence-electron chi connectivity index (χ1n) is 10.7. The van der Waals surface area contributed by atoms with Crippen molar-refractivity contribution >= 4 is 0 Å². The predicted molar refractivity (Wildman–Crippen MR) is 104 cm³/mol. The fourth-order valence-electron chi connectivity index (χ4n) is 4.24. The van der Waals surface area contributed by atoms with Gasteiger partial charge in [0.05, 0.1) is 18.8 Å². The second kappa shape index (κ2) is 9.61. The molecule has 0 radical (unpaired) electrons. The number of rotatable bonds is 6. The summed E-state index contributed by atoms with van der Waals surface area (Å²) in [4.78, 5) is 0. The Balaban J connectivity index is 1.41. The summed E-state index contributed by atoms with van der Waals surface area (Å²) in [5, 5.41) is 0. The molecule has 0 N–H and O–H groups in total. The van der Waals surface area contributed by atoms with Crippen LogP contribution in [0.2, 0.25) is 0 Å². The lowest BCUT2D eigenvalue weighted by Gasteiger charge is -2.32. The molecule has 2 fully saturated rings. The molecule has 0 spiro atoms. The number of halogens is 7. The van der Waals surface area contributed by atoms with Crippen LogP contribution in [0, 0.1) is 23.5 Å². The third-order valence-electron chi connectivity index (χ3n) is 5.95. The highest BCUT2D eigenvalue weighted by Crippen LogP contribution is 2.39. The molecule has 0 aromatic heterocycles. The Morgan fingerprint density at radius 3 is 1.91 bits per heavy atom. The third kappa shape index (κ3) is 5.75. The van der Waals surface area contributed by atoms with Gasteiger partial charge in [-0.3, -0.25) is 0 Å². The highest BCUT2D eigenvalue weighted by Gasteiger charge is 2.38. The van der Waals surface area contributed by atoms with Crippen LogP contribution in [0.15, 0.2) is 36.4 Å². The molecular formula is C23H21F7O4. The Morgan fingerprint density at radius 1 is 0.735 bits per heavy atom. The van der Waals surface area contributed by atoms with Gasteiger partial charge in [0, 0.05) is 11.5 Å².